The maximum atomic E-state index is 13.2. The minimum atomic E-state index is -0.270. The van der Waals surface area contributed by atoms with Crippen molar-refractivity contribution >= 4 is 32.3 Å². The van der Waals surface area contributed by atoms with Crippen LogP contribution in [0.15, 0.2) is 164 Å². The Morgan fingerprint density at radius 2 is 0.654 bits per heavy atom. The molecule has 0 radical (unpaired) electrons. The largest absolute Gasteiger partial charge is 3.00 e. The van der Waals surface area contributed by atoms with Gasteiger partial charge in [-0.05, 0) is 67.6 Å². The van der Waals surface area contributed by atoms with Crippen LogP contribution in [0, 0.1) is 35.7 Å². The third-order valence-electron chi connectivity index (χ3n) is 8.08. The standard InChI is InChI=1S/3C15H9FN.Ir/c3*16-13-6-3-5-12(10-13)15-14-7-2-1-4-11(14)8-9-17-15;/h3*1-4,6-10H;/q3*-1;+3. The summed E-state index contributed by atoms with van der Waals surface area (Å²) in [5.74, 6) is -0.810. The number of halogens is 3. The number of aromatic nitrogens is 3. The first-order chi connectivity index (χ1) is 25.0. The quantitative estimate of drug-likeness (QED) is 0.166. The normalized spacial score (nSPS) is 10.4. The van der Waals surface area contributed by atoms with Gasteiger partial charge in [0.1, 0.15) is 0 Å². The topological polar surface area (TPSA) is 38.7 Å². The molecule has 0 saturated heterocycles. The molecule has 0 saturated carbocycles. The van der Waals surface area contributed by atoms with Gasteiger partial charge in [-0.2, -0.15) is 0 Å². The second-order valence-corrected chi connectivity index (χ2v) is 11.4. The third-order valence-corrected chi connectivity index (χ3v) is 8.08. The van der Waals surface area contributed by atoms with E-state index >= 15 is 0 Å². The van der Waals surface area contributed by atoms with Crippen molar-refractivity contribution in [2.45, 2.75) is 0 Å². The van der Waals surface area contributed by atoms with Crippen LogP contribution in [0.2, 0.25) is 0 Å². The second-order valence-electron chi connectivity index (χ2n) is 11.4. The van der Waals surface area contributed by atoms with Gasteiger partial charge in [0.25, 0.3) is 0 Å². The van der Waals surface area contributed by atoms with Gasteiger partial charge >= 0.3 is 20.1 Å². The van der Waals surface area contributed by atoms with Crippen molar-refractivity contribution in [3.05, 3.63) is 200 Å². The van der Waals surface area contributed by atoms with Crippen LogP contribution in [-0.4, -0.2) is 15.0 Å². The van der Waals surface area contributed by atoms with E-state index in [-0.39, 0.29) is 37.6 Å². The van der Waals surface area contributed by atoms with E-state index in [0.29, 0.717) is 16.7 Å². The van der Waals surface area contributed by atoms with Gasteiger partial charge in [0.05, 0.1) is 0 Å². The molecule has 0 spiro atoms. The molecule has 0 aliphatic heterocycles. The second kappa shape index (κ2) is 16.8. The van der Waals surface area contributed by atoms with Crippen LogP contribution in [0.1, 0.15) is 0 Å². The summed E-state index contributed by atoms with van der Waals surface area (Å²) in [6, 6.07) is 51.9. The molecule has 52 heavy (non-hydrogen) atoms. The molecule has 3 aromatic heterocycles. The fourth-order valence-electron chi connectivity index (χ4n) is 5.73. The number of pyridine rings is 3. The van der Waals surface area contributed by atoms with Crippen molar-refractivity contribution in [3.8, 4) is 33.8 Å². The van der Waals surface area contributed by atoms with Crippen LogP contribution in [0.5, 0.6) is 0 Å². The number of nitrogens with zero attached hydrogens (tertiary/aromatic N) is 3. The SMILES string of the molecule is Fc1cc[c-]c(-c2nccc3ccccc23)c1.Fc1cc[c-]c(-c2nccc3ccccc23)c1.Fc1cc[c-]c(-c2nccc3ccccc23)c1.[Ir+3]. The van der Waals surface area contributed by atoms with E-state index < -0.39 is 0 Å². The van der Waals surface area contributed by atoms with Crippen molar-refractivity contribution in [2.75, 3.05) is 0 Å². The number of hydrogen-bond acceptors (Lipinski definition) is 3. The number of hydrogen-bond donors (Lipinski definition) is 0. The van der Waals surface area contributed by atoms with E-state index in [1.165, 1.54) is 36.4 Å². The van der Waals surface area contributed by atoms with Crippen molar-refractivity contribution in [3.63, 3.8) is 0 Å². The van der Waals surface area contributed by atoms with Crippen molar-refractivity contribution < 1.29 is 33.3 Å². The summed E-state index contributed by atoms with van der Waals surface area (Å²) in [6.45, 7) is 0. The van der Waals surface area contributed by atoms with E-state index in [2.05, 4.69) is 33.2 Å². The molecular formula is C45H27F3IrN3. The van der Waals surface area contributed by atoms with Gasteiger partial charge in [-0.3, -0.25) is 0 Å². The van der Waals surface area contributed by atoms with Crippen LogP contribution in [0.25, 0.3) is 66.1 Å². The van der Waals surface area contributed by atoms with Gasteiger partial charge < -0.3 is 15.0 Å². The van der Waals surface area contributed by atoms with Crippen LogP contribution in [-0.2, 0) is 20.1 Å². The Kier molecular flexibility index (Phi) is 11.6. The van der Waals surface area contributed by atoms with Crippen molar-refractivity contribution in [2.24, 2.45) is 0 Å². The monoisotopic (exact) mass is 859 g/mol. The first-order valence-corrected chi connectivity index (χ1v) is 16.1. The Bertz CT molecular complexity index is 2310. The van der Waals surface area contributed by atoms with Gasteiger partial charge in [-0.15, -0.1) is 89.5 Å². The molecule has 0 aliphatic rings. The molecule has 7 heteroatoms. The zero-order valence-corrected chi connectivity index (χ0v) is 29.8. The first kappa shape index (κ1) is 35.8. The number of rotatable bonds is 3. The van der Waals surface area contributed by atoms with Crippen LogP contribution >= 0.6 is 0 Å². The fourth-order valence-corrected chi connectivity index (χ4v) is 5.73. The number of fused-ring (bicyclic) bond motifs is 3. The average Bonchev–Trinajstić information content (AvgIpc) is 3.18. The molecule has 9 rings (SSSR count). The summed E-state index contributed by atoms with van der Waals surface area (Å²) in [5, 5.41) is 6.31. The molecular weight excluding hydrogens is 832 g/mol. The van der Waals surface area contributed by atoms with Gasteiger partial charge in [0.15, 0.2) is 0 Å². The molecule has 3 nitrogen and oxygen atoms in total. The van der Waals surface area contributed by atoms with E-state index in [0.717, 1.165) is 49.4 Å². The summed E-state index contributed by atoms with van der Waals surface area (Å²) in [4.78, 5) is 13.0. The third kappa shape index (κ3) is 8.30. The smallest absolute Gasteiger partial charge is 0.304 e. The Morgan fingerprint density at radius 3 is 0.942 bits per heavy atom. The van der Waals surface area contributed by atoms with E-state index in [4.69, 9.17) is 0 Å². The molecule has 0 N–H and O–H groups in total. The summed E-state index contributed by atoms with van der Waals surface area (Å²) < 4.78 is 39.6. The zero-order valence-electron chi connectivity index (χ0n) is 27.4. The van der Waals surface area contributed by atoms with E-state index in [9.17, 15) is 13.2 Å². The maximum absolute atomic E-state index is 13.2. The predicted molar refractivity (Wildman–Crippen MR) is 198 cm³/mol. The molecule has 0 amide bonds. The minimum absolute atomic E-state index is 0. The van der Waals surface area contributed by atoms with Gasteiger partial charge in [0.2, 0.25) is 0 Å². The van der Waals surface area contributed by atoms with Gasteiger partial charge in [-0.25, -0.2) is 13.2 Å². The van der Waals surface area contributed by atoms with Gasteiger partial charge in [-0.1, -0.05) is 72.8 Å². The fraction of sp³-hybridized carbons (Fsp3) is 0. The summed E-state index contributed by atoms with van der Waals surface area (Å²) in [6.07, 6.45) is 5.20. The number of benzene rings is 6. The van der Waals surface area contributed by atoms with Crippen molar-refractivity contribution in [1.82, 2.24) is 15.0 Å². The summed E-state index contributed by atoms with van der Waals surface area (Å²) >= 11 is 0. The van der Waals surface area contributed by atoms with Gasteiger partial charge in [0, 0.05) is 36.0 Å². The summed E-state index contributed by atoms with van der Waals surface area (Å²) in [7, 11) is 0. The maximum Gasteiger partial charge on any atom is 3.00 e. The zero-order chi connectivity index (χ0) is 35.0. The molecule has 6 aromatic carbocycles. The molecule has 0 aliphatic carbocycles. The van der Waals surface area contributed by atoms with Crippen LogP contribution in [0.3, 0.4) is 0 Å². The molecule has 9 aromatic rings. The first-order valence-electron chi connectivity index (χ1n) is 16.1. The molecule has 252 valence electrons. The molecule has 3 heterocycles. The molecule has 0 bridgehead atoms. The van der Waals surface area contributed by atoms with E-state index in [1.54, 1.807) is 36.8 Å². The Morgan fingerprint density at radius 1 is 0.365 bits per heavy atom. The van der Waals surface area contributed by atoms with E-state index in [1.807, 2.05) is 91.0 Å². The minimum Gasteiger partial charge on any atom is -0.304 e. The molecule has 0 unspecified atom stereocenters. The molecule has 0 fully saturated rings. The summed E-state index contributed by atoms with van der Waals surface area (Å²) in [5.41, 5.74) is 4.35. The Balaban J connectivity index is 0.000000133. The average molecular weight is 859 g/mol. The van der Waals surface area contributed by atoms with Crippen LogP contribution < -0.4 is 0 Å². The molecule has 0 atom stereocenters. The Labute approximate surface area is 312 Å². The Hall–Kier alpha value is -6.01. The van der Waals surface area contributed by atoms with Crippen LogP contribution in [0.4, 0.5) is 13.2 Å². The van der Waals surface area contributed by atoms with Crippen molar-refractivity contribution in [1.29, 1.82) is 0 Å². The predicted octanol–water partition coefficient (Wildman–Crippen LogP) is 11.5.